The van der Waals surface area contributed by atoms with E-state index in [0.29, 0.717) is 25.9 Å². The normalized spacial score (nSPS) is 15.5. The molecule has 3 rings (SSSR count). The van der Waals surface area contributed by atoms with Crippen LogP contribution in [0.25, 0.3) is 0 Å². The van der Waals surface area contributed by atoms with Crippen molar-refractivity contribution in [1.82, 2.24) is 0 Å². The van der Waals surface area contributed by atoms with E-state index in [4.69, 9.17) is 15.2 Å². The summed E-state index contributed by atoms with van der Waals surface area (Å²) in [6.45, 7) is 3.80. The van der Waals surface area contributed by atoms with Crippen LogP contribution in [-0.4, -0.2) is 32.3 Å². The molecule has 4 nitrogen and oxygen atoms in total. The van der Waals surface area contributed by atoms with E-state index in [9.17, 15) is 0 Å². The first-order valence-corrected chi connectivity index (χ1v) is 8.66. The van der Waals surface area contributed by atoms with Crippen molar-refractivity contribution in [1.29, 1.82) is 0 Å². The zero-order valence-corrected chi connectivity index (χ0v) is 14.1. The fraction of sp³-hybridized carbons (Fsp3) is 0.400. The molecular weight excluding hydrogens is 300 g/mol. The Morgan fingerprint density at radius 2 is 1.75 bits per heavy atom. The van der Waals surface area contributed by atoms with Gasteiger partial charge in [0.05, 0.1) is 13.2 Å². The Balaban J connectivity index is 1.41. The van der Waals surface area contributed by atoms with Gasteiger partial charge in [-0.3, -0.25) is 0 Å². The van der Waals surface area contributed by atoms with E-state index >= 15 is 0 Å². The van der Waals surface area contributed by atoms with Gasteiger partial charge in [-0.15, -0.1) is 0 Å². The van der Waals surface area contributed by atoms with Crippen LogP contribution >= 0.6 is 0 Å². The van der Waals surface area contributed by atoms with Gasteiger partial charge in [0.2, 0.25) is 0 Å². The van der Waals surface area contributed by atoms with Crippen molar-refractivity contribution < 1.29 is 9.47 Å². The first-order valence-electron chi connectivity index (χ1n) is 8.66. The van der Waals surface area contributed by atoms with Gasteiger partial charge in [0.15, 0.2) is 0 Å². The summed E-state index contributed by atoms with van der Waals surface area (Å²) in [6.07, 6.45) is 2.11. The first-order chi connectivity index (χ1) is 11.8. The van der Waals surface area contributed by atoms with Gasteiger partial charge < -0.3 is 20.1 Å². The number of nitrogens with two attached hydrogens (primary N) is 1. The Hall–Kier alpha value is -2.04. The average Bonchev–Trinajstić information content (AvgIpc) is 2.63. The number of ether oxygens (including phenoxy) is 2. The summed E-state index contributed by atoms with van der Waals surface area (Å²) in [5, 5.41) is 0. The van der Waals surface area contributed by atoms with Crippen molar-refractivity contribution in [2.45, 2.75) is 25.5 Å². The summed E-state index contributed by atoms with van der Waals surface area (Å²) in [7, 11) is 0. The molecule has 1 saturated heterocycles. The van der Waals surface area contributed by atoms with E-state index in [-0.39, 0.29) is 0 Å². The van der Waals surface area contributed by atoms with Crippen molar-refractivity contribution in [3.05, 3.63) is 60.2 Å². The quantitative estimate of drug-likeness (QED) is 0.794. The van der Waals surface area contributed by atoms with E-state index < -0.39 is 0 Å². The summed E-state index contributed by atoms with van der Waals surface area (Å²) >= 11 is 0. The van der Waals surface area contributed by atoms with Gasteiger partial charge >= 0.3 is 0 Å². The molecule has 1 heterocycles. The zero-order valence-electron chi connectivity index (χ0n) is 14.1. The Kier molecular flexibility index (Phi) is 6.10. The largest absolute Gasteiger partial charge is 0.491 e. The Morgan fingerprint density at radius 1 is 0.958 bits per heavy atom. The molecular formula is C20H26N2O2. The molecule has 0 spiro atoms. The predicted molar refractivity (Wildman–Crippen MR) is 97.5 cm³/mol. The van der Waals surface area contributed by atoms with E-state index in [0.717, 1.165) is 31.7 Å². The highest BCUT2D eigenvalue weighted by Gasteiger charge is 2.16. The molecule has 0 saturated carbocycles. The summed E-state index contributed by atoms with van der Waals surface area (Å²) in [5.74, 6) is 0.894. The summed E-state index contributed by atoms with van der Waals surface area (Å²) < 4.78 is 11.5. The standard InChI is InChI=1S/C20H26N2O2/c21-18-9-11-22(12-10-18)19-7-4-8-20(15-19)24-14-13-23-16-17-5-2-1-3-6-17/h1-8,15,18H,9-14,16,21H2. The van der Waals surface area contributed by atoms with Gasteiger partial charge in [-0.05, 0) is 30.5 Å². The van der Waals surface area contributed by atoms with Crippen LogP contribution in [-0.2, 0) is 11.3 Å². The van der Waals surface area contributed by atoms with Crippen molar-refractivity contribution >= 4 is 5.69 Å². The van der Waals surface area contributed by atoms with Crippen LogP contribution in [0.3, 0.4) is 0 Å². The molecule has 1 aliphatic rings. The second-order valence-electron chi connectivity index (χ2n) is 6.21. The minimum absolute atomic E-state index is 0.349. The Labute approximate surface area is 144 Å². The van der Waals surface area contributed by atoms with E-state index in [1.807, 2.05) is 30.3 Å². The molecule has 4 heteroatoms. The Bertz CT molecular complexity index is 610. The molecule has 0 bridgehead atoms. The van der Waals surface area contributed by atoms with Crippen LogP contribution in [0.15, 0.2) is 54.6 Å². The molecule has 24 heavy (non-hydrogen) atoms. The minimum Gasteiger partial charge on any atom is -0.491 e. The third kappa shape index (κ3) is 4.98. The van der Waals surface area contributed by atoms with E-state index in [1.54, 1.807) is 0 Å². The highest BCUT2D eigenvalue weighted by Crippen LogP contribution is 2.24. The summed E-state index contributed by atoms with van der Waals surface area (Å²) in [5.41, 5.74) is 8.37. The number of anilines is 1. The lowest BCUT2D eigenvalue weighted by atomic mass is 10.1. The van der Waals surface area contributed by atoms with Crippen molar-refractivity contribution in [2.24, 2.45) is 5.73 Å². The van der Waals surface area contributed by atoms with Crippen LogP contribution in [0.2, 0.25) is 0 Å². The van der Waals surface area contributed by atoms with Crippen molar-refractivity contribution in [3.8, 4) is 5.75 Å². The molecule has 2 aromatic carbocycles. The van der Waals surface area contributed by atoms with Crippen LogP contribution < -0.4 is 15.4 Å². The van der Waals surface area contributed by atoms with Gasteiger partial charge in [0.25, 0.3) is 0 Å². The SMILES string of the molecule is NC1CCN(c2cccc(OCCOCc3ccccc3)c2)CC1. The first kappa shape index (κ1) is 16.8. The maximum Gasteiger partial charge on any atom is 0.121 e. The second kappa shape index (κ2) is 8.71. The molecule has 0 amide bonds. The van der Waals surface area contributed by atoms with Crippen LogP contribution in [0.1, 0.15) is 18.4 Å². The fourth-order valence-electron chi connectivity index (χ4n) is 2.91. The number of benzene rings is 2. The molecule has 1 aliphatic heterocycles. The number of nitrogens with zero attached hydrogens (tertiary/aromatic N) is 1. The molecule has 2 aromatic rings. The summed E-state index contributed by atoms with van der Waals surface area (Å²) in [4.78, 5) is 2.38. The monoisotopic (exact) mass is 326 g/mol. The maximum atomic E-state index is 5.98. The van der Waals surface area contributed by atoms with Crippen LogP contribution in [0, 0.1) is 0 Å². The van der Waals surface area contributed by atoms with E-state index in [2.05, 4.69) is 29.2 Å². The Morgan fingerprint density at radius 3 is 2.54 bits per heavy atom. The van der Waals surface area contributed by atoms with Gasteiger partial charge in [-0.25, -0.2) is 0 Å². The second-order valence-corrected chi connectivity index (χ2v) is 6.21. The van der Waals surface area contributed by atoms with Crippen molar-refractivity contribution in [2.75, 3.05) is 31.2 Å². The van der Waals surface area contributed by atoms with Crippen LogP contribution in [0.5, 0.6) is 5.75 Å². The lowest BCUT2D eigenvalue weighted by Gasteiger charge is -2.32. The molecule has 1 fully saturated rings. The smallest absolute Gasteiger partial charge is 0.121 e. The maximum absolute atomic E-state index is 5.98. The minimum atomic E-state index is 0.349. The molecule has 0 aliphatic carbocycles. The van der Waals surface area contributed by atoms with Gasteiger partial charge in [-0.2, -0.15) is 0 Å². The number of rotatable bonds is 7. The van der Waals surface area contributed by atoms with Crippen LogP contribution in [0.4, 0.5) is 5.69 Å². The average molecular weight is 326 g/mol. The number of piperidine rings is 1. The third-order valence-corrected chi connectivity index (χ3v) is 4.33. The molecule has 0 unspecified atom stereocenters. The fourth-order valence-corrected chi connectivity index (χ4v) is 2.91. The molecule has 0 atom stereocenters. The third-order valence-electron chi connectivity index (χ3n) is 4.33. The lowest BCUT2D eigenvalue weighted by molar-refractivity contribution is 0.0889. The highest BCUT2D eigenvalue weighted by atomic mass is 16.5. The summed E-state index contributed by atoms with van der Waals surface area (Å²) in [6, 6.07) is 18.8. The van der Waals surface area contributed by atoms with Crippen molar-refractivity contribution in [3.63, 3.8) is 0 Å². The lowest BCUT2D eigenvalue weighted by Crippen LogP contribution is -2.39. The van der Waals surface area contributed by atoms with Gasteiger partial charge in [0, 0.05) is 30.9 Å². The zero-order chi connectivity index (χ0) is 16.6. The van der Waals surface area contributed by atoms with Gasteiger partial charge in [0.1, 0.15) is 12.4 Å². The molecule has 0 radical (unpaired) electrons. The van der Waals surface area contributed by atoms with E-state index in [1.165, 1.54) is 11.3 Å². The topological polar surface area (TPSA) is 47.7 Å². The van der Waals surface area contributed by atoms with Gasteiger partial charge in [-0.1, -0.05) is 36.4 Å². The molecule has 0 aromatic heterocycles. The molecule has 128 valence electrons. The highest BCUT2D eigenvalue weighted by molar-refractivity contribution is 5.51. The number of hydrogen-bond acceptors (Lipinski definition) is 4. The predicted octanol–water partition coefficient (Wildman–Crippen LogP) is 3.21. The molecule has 2 N–H and O–H groups in total. The number of hydrogen-bond donors (Lipinski definition) is 1.